The van der Waals surface area contributed by atoms with Gasteiger partial charge in [-0.05, 0) is 69.9 Å². The molecule has 0 radical (unpaired) electrons. The highest BCUT2D eigenvalue weighted by molar-refractivity contribution is 7.91. The number of rotatable bonds is 10. The van der Waals surface area contributed by atoms with Crippen LogP contribution in [0.4, 0.5) is 26.2 Å². The van der Waals surface area contributed by atoms with Crippen molar-refractivity contribution in [1.29, 1.82) is 0 Å². The molecule has 0 atom stereocenters. The van der Waals surface area contributed by atoms with Crippen molar-refractivity contribution in [2.24, 2.45) is 5.92 Å². The number of hydrogen-bond donors (Lipinski definition) is 3. The molecule has 2 aromatic rings. The van der Waals surface area contributed by atoms with Crippen LogP contribution in [0.15, 0.2) is 36.4 Å². The summed E-state index contributed by atoms with van der Waals surface area (Å²) in [6.45, 7) is 8.90. The minimum absolute atomic E-state index is 0.0381. The third-order valence-electron chi connectivity index (χ3n) is 6.71. The fraction of sp³-hybridized carbons (Fsp3) is 0.517. The van der Waals surface area contributed by atoms with E-state index in [9.17, 15) is 22.4 Å². The van der Waals surface area contributed by atoms with E-state index in [4.69, 9.17) is 16.3 Å². The summed E-state index contributed by atoms with van der Waals surface area (Å²) in [4.78, 5) is 27.6. The van der Waals surface area contributed by atoms with Gasteiger partial charge < -0.3 is 20.3 Å². The largest absolute Gasteiger partial charge is 0.484 e. The first-order chi connectivity index (χ1) is 19.2. The molecule has 0 saturated heterocycles. The topological polar surface area (TPSA) is 117 Å². The Morgan fingerprint density at radius 3 is 2.32 bits per heavy atom. The minimum Gasteiger partial charge on any atom is -0.484 e. The molecular formula is C29H40ClFN4O5S. The van der Waals surface area contributed by atoms with Crippen molar-refractivity contribution in [2.45, 2.75) is 77.5 Å². The van der Waals surface area contributed by atoms with Gasteiger partial charge in [-0.3, -0.25) is 4.79 Å². The van der Waals surface area contributed by atoms with Crippen molar-refractivity contribution in [3.63, 3.8) is 0 Å². The van der Waals surface area contributed by atoms with E-state index < -0.39 is 39.1 Å². The van der Waals surface area contributed by atoms with Crippen LogP contribution in [0.5, 0.6) is 5.75 Å². The lowest BCUT2D eigenvalue weighted by atomic mass is 9.93. The van der Waals surface area contributed by atoms with Crippen LogP contribution in [0.2, 0.25) is 5.02 Å². The van der Waals surface area contributed by atoms with Gasteiger partial charge in [0.05, 0.1) is 21.8 Å². The number of nitrogens with zero attached hydrogens (tertiary/aromatic N) is 1. The molecule has 226 valence electrons. The minimum atomic E-state index is -3.89. The number of amides is 3. The maximum absolute atomic E-state index is 14.3. The zero-order chi connectivity index (χ0) is 30.4. The molecule has 1 saturated carbocycles. The Balaban J connectivity index is 1.88. The van der Waals surface area contributed by atoms with Gasteiger partial charge in [-0.2, -0.15) is 0 Å². The van der Waals surface area contributed by atoms with Crippen LogP contribution in [0.1, 0.15) is 66.7 Å². The Labute approximate surface area is 247 Å². The summed E-state index contributed by atoms with van der Waals surface area (Å²) in [7, 11) is -3.89. The average molecular weight is 611 g/mol. The van der Waals surface area contributed by atoms with Gasteiger partial charge in [0.2, 0.25) is 10.0 Å². The fourth-order valence-corrected chi connectivity index (χ4v) is 5.36. The first-order valence-corrected chi connectivity index (χ1v) is 15.6. The molecule has 41 heavy (non-hydrogen) atoms. The highest BCUT2D eigenvalue weighted by atomic mass is 35.5. The summed E-state index contributed by atoms with van der Waals surface area (Å²) < 4.78 is 45.4. The molecule has 3 N–H and O–H groups in total. The number of hydrogen-bond acceptors (Lipinski definition) is 6. The lowest BCUT2D eigenvalue weighted by molar-refractivity contribution is -0.121. The van der Waals surface area contributed by atoms with Crippen LogP contribution in [-0.4, -0.2) is 44.3 Å². The molecule has 3 rings (SSSR count). The summed E-state index contributed by atoms with van der Waals surface area (Å²) in [5.41, 5.74) is 1.14. The smallest absolute Gasteiger partial charge is 0.323 e. The number of anilines is 3. The SMILES string of the molecule is CC(C)CN(c1ccc(OCC(=O)NS(=O)(=O)C(C)(C)C)cc1NC(=O)Nc1ccc(Cl)cc1F)C1CCCCC1. The highest BCUT2D eigenvalue weighted by Crippen LogP contribution is 2.36. The first kappa shape index (κ1) is 32.5. The number of urea groups is 1. The highest BCUT2D eigenvalue weighted by Gasteiger charge is 2.31. The Kier molecular flexibility index (Phi) is 10.9. The molecule has 1 aliphatic carbocycles. The van der Waals surface area contributed by atoms with Crippen LogP contribution < -0.4 is 25.0 Å². The number of benzene rings is 2. The molecule has 0 aromatic heterocycles. The maximum atomic E-state index is 14.3. The average Bonchev–Trinajstić information content (AvgIpc) is 2.87. The Morgan fingerprint density at radius 2 is 1.71 bits per heavy atom. The van der Waals surface area contributed by atoms with Crippen LogP contribution in [0.3, 0.4) is 0 Å². The van der Waals surface area contributed by atoms with Crippen LogP contribution in [0.25, 0.3) is 0 Å². The van der Waals surface area contributed by atoms with Gasteiger partial charge in [-0.1, -0.05) is 44.7 Å². The van der Waals surface area contributed by atoms with Crippen molar-refractivity contribution in [3.05, 3.63) is 47.2 Å². The molecule has 12 heteroatoms. The van der Waals surface area contributed by atoms with Gasteiger partial charge in [0.1, 0.15) is 11.6 Å². The monoisotopic (exact) mass is 610 g/mol. The van der Waals surface area contributed by atoms with Crippen molar-refractivity contribution in [2.75, 3.05) is 28.7 Å². The Bertz CT molecular complexity index is 1340. The van der Waals surface area contributed by atoms with E-state index >= 15 is 0 Å². The van der Waals surface area contributed by atoms with Crippen LogP contribution in [0, 0.1) is 11.7 Å². The molecule has 1 aliphatic rings. The van der Waals surface area contributed by atoms with Gasteiger partial charge in [0.25, 0.3) is 5.91 Å². The van der Waals surface area contributed by atoms with E-state index in [0.29, 0.717) is 11.6 Å². The molecule has 0 aliphatic heterocycles. The van der Waals surface area contributed by atoms with Crippen LogP contribution in [-0.2, 0) is 14.8 Å². The molecule has 0 bridgehead atoms. The number of sulfonamides is 1. The van der Waals surface area contributed by atoms with E-state index in [1.807, 2.05) is 10.8 Å². The van der Waals surface area contributed by atoms with Crippen LogP contribution >= 0.6 is 11.6 Å². The summed E-state index contributed by atoms with van der Waals surface area (Å²) in [6.07, 6.45) is 5.47. The Morgan fingerprint density at radius 1 is 1.05 bits per heavy atom. The quantitative estimate of drug-likeness (QED) is 0.281. The molecule has 0 spiro atoms. The predicted octanol–water partition coefficient (Wildman–Crippen LogP) is 6.54. The zero-order valence-corrected chi connectivity index (χ0v) is 25.8. The number of carbonyl (C=O) groups is 2. The van der Waals surface area contributed by atoms with Gasteiger partial charge >= 0.3 is 6.03 Å². The lowest BCUT2D eigenvalue weighted by Gasteiger charge is -2.38. The van der Waals surface area contributed by atoms with E-state index in [1.165, 1.54) is 39.3 Å². The van der Waals surface area contributed by atoms with E-state index in [1.54, 1.807) is 12.1 Å². The Hall–Kier alpha value is -3.05. The van der Waals surface area contributed by atoms with Gasteiger partial charge in [-0.15, -0.1) is 0 Å². The second-order valence-electron chi connectivity index (χ2n) is 11.7. The van der Waals surface area contributed by atoms with E-state index in [2.05, 4.69) is 29.4 Å². The van der Waals surface area contributed by atoms with Crippen molar-refractivity contribution in [1.82, 2.24) is 4.72 Å². The van der Waals surface area contributed by atoms with Crippen molar-refractivity contribution >= 4 is 50.6 Å². The van der Waals surface area contributed by atoms with Crippen molar-refractivity contribution < 1.29 is 27.1 Å². The van der Waals surface area contributed by atoms with Gasteiger partial charge in [0.15, 0.2) is 6.61 Å². The van der Waals surface area contributed by atoms with Gasteiger partial charge in [0, 0.05) is 23.7 Å². The number of ether oxygens (including phenoxy) is 1. The third kappa shape index (κ3) is 9.22. The van der Waals surface area contributed by atoms with Gasteiger partial charge in [-0.25, -0.2) is 22.3 Å². The number of nitrogens with one attached hydrogen (secondary N) is 3. The second kappa shape index (κ2) is 13.7. The lowest BCUT2D eigenvalue weighted by Crippen LogP contribution is -2.44. The second-order valence-corrected chi connectivity index (χ2v) is 14.5. The first-order valence-electron chi connectivity index (χ1n) is 13.8. The molecule has 2 aromatic carbocycles. The molecular weight excluding hydrogens is 571 g/mol. The molecule has 3 amide bonds. The normalized spacial score (nSPS) is 14.4. The molecule has 9 nitrogen and oxygen atoms in total. The summed E-state index contributed by atoms with van der Waals surface area (Å²) in [5.74, 6) is -0.910. The summed E-state index contributed by atoms with van der Waals surface area (Å²) >= 11 is 5.83. The standard InChI is InChI=1S/C29H40ClFN4O5S/c1-19(2)17-35(21-9-7-6-8-10-21)26-14-12-22(40-18-27(36)34-41(38,39)29(3,4)5)16-25(26)33-28(37)32-24-13-11-20(30)15-23(24)31/h11-16,19,21H,6-10,17-18H2,1-5H3,(H,34,36)(H2,32,33,37). The molecule has 1 fully saturated rings. The third-order valence-corrected chi connectivity index (χ3v) is 9.05. The number of halogens is 2. The summed E-state index contributed by atoms with van der Waals surface area (Å²) in [5, 5.41) is 5.53. The zero-order valence-electron chi connectivity index (χ0n) is 24.2. The predicted molar refractivity (Wildman–Crippen MR) is 162 cm³/mol. The number of carbonyl (C=O) groups excluding carboxylic acids is 2. The van der Waals surface area contributed by atoms with E-state index in [0.717, 1.165) is 44.0 Å². The van der Waals surface area contributed by atoms with E-state index in [-0.39, 0.29) is 22.5 Å². The molecule has 0 unspecified atom stereocenters. The maximum Gasteiger partial charge on any atom is 0.323 e. The van der Waals surface area contributed by atoms with Crippen molar-refractivity contribution in [3.8, 4) is 5.75 Å². The molecule has 0 heterocycles. The summed E-state index contributed by atoms with van der Waals surface area (Å²) in [6, 6.07) is 8.63. The fourth-order valence-electron chi connectivity index (χ4n) is 4.53.